The van der Waals surface area contributed by atoms with E-state index in [0.717, 1.165) is 10.8 Å². The van der Waals surface area contributed by atoms with Crippen LogP contribution in [0.25, 0.3) is 86.9 Å². The number of aromatic nitrogens is 2. The van der Waals surface area contributed by atoms with Gasteiger partial charge in [-0.15, -0.1) is 0 Å². The van der Waals surface area contributed by atoms with E-state index in [9.17, 15) is 0 Å². The van der Waals surface area contributed by atoms with Crippen LogP contribution in [0.1, 0.15) is 0 Å². The minimum atomic E-state index is 1.14. The Labute approximate surface area is 242 Å². The van der Waals surface area contributed by atoms with E-state index in [0.29, 0.717) is 0 Å². The first kappa shape index (κ1) is 23.1. The molecule has 2 heterocycles. The highest BCUT2D eigenvalue weighted by Crippen LogP contribution is 2.47. The second-order valence-corrected chi connectivity index (χ2v) is 11.0. The Morgan fingerprint density at radius 2 is 0.690 bits per heavy atom. The lowest BCUT2D eigenvalue weighted by Gasteiger charge is -2.20. The molecule has 0 amide bonds. The predicted octanol–water partition coefficient (Wildman–Crippen LogP) is 10.7. The number of benzene rings is 7. The van der Waals surface area contributed by atoms with E-state index in [-0.39, 0.29) is 0 Å². The average Bonchev–Trinajstić information content (AvgIpc) is 3.06. The molecule has 0 aliphatic carbocycles. The van der Waals surface area contributed by atoms with Crippen LogP contribution >= 0.6 is 0 Å². The summed E-state index contributed by atoms with van der Waals surface area (Å²) in [5.41, 5.74) is 4.83. The summed E-state index contributed by atoms with van der Waals surface area (Å²) < 4.78 is 0. The number of pyridine rings is 2. The molecular weight excluding hydrogens is 508 g/mol. The van der Waals surface area contributed by atoms with E-state index in [1.165, 1.54) is 76.1 Å². The van der Waals surface area contributed by atoms with Crippen LogP contribution in [0.5, 0.6) is 0 Å². The van der Waals surface area contributed by atoms with Crippen molar-refractivity contribution >= 4 is 64.6 Å². The highest BCUT2D eigenvalue weighted by molar-refractivity contribution is 6.28. The zero-order valence-corrected chi connectivity index (χ0v) is 22.8. The smallest absolute Gasteiger partial charge is 0.0353 e. The van der Waals surface area contributed by atoms with Crippen molar-refractivity contribution < 1.29 is 0 Å². The highest BCUT2D eigenvalue weighted by Gasteiger charge is 2.21. The fourth-order valence-corrected chi connectivity index (χ4v) is 7.02. The van der Waals surface area contributed by atoms with Crippen molar-refractivity contribution in [2.24, 2.45) is 0 Å². The van der Waals surface area contributed by atoms with Gasteiger partial charge in [-0.25, -0.2) is 0 Å². The zero-order chi connectivity index (χ0) is 27.6. The number of hydrogen-bond acceptors (Lipinski definition) is 2. The standard InChI is InChI=1S/C40H24N2/c1-3-11-27-25(9-1)21-35(31-15-7-5-13-29(27)31)39-33-17-19-42-24-38(33)40(34-18-20-41-23-37(34)39)36-22-26-10-2-4-12-28(26)30-14-6-8-16-32(30)36/h1-24H. The molecular formula is C40H24N2. The van der Waals surface area contributed by atoms with Crippen molar-refractivity contribution in [3.8, 4) is 22.3 Å². The second kappa shape index (κ2) is 8.95. The Morgan fingerprint density at radius 3 is 1.14 bits per heavy atom. The molecule has 0 spiro atoms. The first-order valence-corrected chi connectivity index (χ1v) is 14.3. The molecule has 7 aromatic carbocycles. The number of fused-ring (bicyclic) bond motifs is 8. The molecule has 9 rings (SSSR count). The monoisotopic (exact) mass is 532 g/mol. The second-order valence-electron chi connectivity index (χ2n) is 11.0. The maximum absolute atomic E-state index is 4.68. The largest absolute Gasteiger partial charge is 0.264 e. The minimum Gasteiger partial charge on any atom is -0.264 e. The van der Waals surface area contributed by atoms with Crippen LogP contribution in [0, 0.1) is 0 Å². The number of rotatable bonds is 2. The summed E-state index contributed by atoms with van der Waals surface area (Å²) >= 11 is 0. The van der Waals surface area contributed by atoms with Gasteiger partial charge in [0, 0.05) is 35.6 Å². The molecule has 194 valence electrons. The van der Waals surface area contributed by atoms with Crippen LogP contribution in [0.3, 0.4) is 0 Å². The Hall–Kier alpha value is -5.60. The van der Waals surface area contributed by atoms with Crippen molar-refractivity contribution in [2.75, 3.05) is 0 Å². The van der Waals surface area contributed by atoms with Gasteiger partial charge in [-0.3, -0.25) is 9.97 Å². The lowest BCUT2D eigenvalue weighted by atomic mass is 9.83. The molecule has 0 radical (unpaired) electrons. The van der Waals surface area contributed by atoms with Crippen LogP contribution in [-0.2, 0) is 0 Å². The van der Waals surface area contributed by atoms with E-state index in [2.05, 4.69) is 131 Å². The summed E-state index contributed by atoms with van der Waals surface area (Å²) in [6.07, 6.45) is 7.92. The van der Waals surface area contributed by atoms with Crippen LogP contribution in [0.2, 0.25) is 0 Å². The van der Waals surface area contributed by atoms with Crippen molar-refractivity contribution in [3.05, 3.63) is 146 Å². The summed E-state index contributed by atoms with van der Waals surface area (Å²) in [5, 5.41) is 14.6. The summed E-state index contributed by atoms with van der Waals surface area (Å²) in [6.45, 7) is 0. The normalized spacial score (nSPS) is 11.8. The zero-order valence-electron chi connectivity index (χ0n) is 22.8. The molecule has 0 bridgehead atoms. The molecule has 0 aliphatic rings. The average molecular weight is 533 g/mol. The van der Waals surface area contributed by atoms with Gasteiger partial charge in [0.2, 0.25) is 0 Å². The Bertz CT molecular complexity index is 2290. The molecule has 2 nitrogen and oxygen atoms in total. The lowest BCUT2D eigenvalue weighted by Crippen LogP contribution is -1.94. The van der Waals surface area contributed by atoms with Gasteiger partial charge < -0.3 is 0 Å². The van der Waals surface area contributed by atoms with Gasteiger partial charge in [0.05, 0.1) is 0 Å². The predicted molar refractivity (Wildman–Crippen MR) is 178 cm³/mol. The molecule has 2 heteroatoms. The van der Waals surface area contributed by atoms with E-state index in [1.54, 1.807) is 0 Å². The highest BCUT2D eigenvalue weighted by atomic mass is 14.6. The summed E-state index contributed by atoms with van der Waals surface area (Å²) in [5.74, 6) is 0. The van der Waals surface area contributed by atoms with Gasteiger partial charge in [-0.2, -0.15) is 0 Å². The van der Waals surface area contributed by atoms with Crippen LogP contribution in [-0.4, -0.2) is 9.97 Å². The van der Waals surface area contributed by atoms with Crippen molar-refractivity contribution in [1.29, 1.82) is 0 Å². The first-order valence-electron chi connectivity index (χ1n) is 14.3. The van der Waals surface area contributed by atoms with E-state index < -0.39 is 0 Å². The Balaban J connectivity index is 1.49. The van der Waals surface area contributed by atoms with Gasteiger partial charge in [0.15, 0.2) is 0 Å². The molecule has 9 aromatic rings. The third-order valence-electron chi connectivity index (χ3n) is 8.79. The van der Waals surface area contributed by atoms with Crippen LogP contribution in [0.15, 0.2) is 146 Å². The van der Waals surface area contributed by atoms with Gasteiger partial charge in [-0.1, -0.05) is 97.1 Å². The molecule has 0 fully saturated rings. The minimum absolute atomic E-state index is 1.14. The topological polar surface area (TPSA) is 25.8 Å². The Morgan fingerprint density at radius 1 is 0.310 bits per heavy atom. The first-order chi connectivity index (χ1) is 20.9. The molecule has 0 aliphatic heterocycles. The van der Waals surface area contributed by atoms with Crippen molar-refractivity contribution in [2.45, 2.75) is 0 Å². The quantitative estimate of drug-likeness (QED) is 0.163. The van der Waals surface area contributed by atoms with E-state index in [1.807, 2.05) is 24.8 Å². The molecule has 0 saturated carbocycles. The maximum Gasteiger partial charge on any atom is 0.0353 e. The summed E-state index contributed by atoms with van der Waals surface area (Å²) in [4.78, 5) is 9.36. The molecule has 0 atom stereocenters. The molecule has 2 aromatic heterocycles. The SMILES string of the molecule is c1ccc2c(c1)cc(-c1c3ccncc3c(-c3cc4ccccc4c4ccccc34)c3ccncc13)c1ccccc12. The van der Waals surface area contributed by atoms with Crippen molar-refractivity contribution in [1.82, 2.24) is 9.97 Å². The van der Waals surface area contributed by atoms with Gasteiger partial charge in [-0.05, 0) is 100 Å². The van der Waals surface area contributed by atoms with Crippen LogP contribution in [0.4, 0.5) is 0 Å². The third-order valence-corrected chi connectivity index (χ3v) is 8.79. The summed E-state index contributed by atoms with van der Waals surface area (Å²) in [6, 6.07) is 43.9. The fourth-order valence-electron chi connectivity index (χ4n) is 7.02. The lowest BCUT2D eigenvalue weighted by molar-refractivity contribution is 1.36. The number of hydrogen-bond donors (Lipinski definition) is 0. The van der Waals surface area contributed by atoms with E-state index >= 15 is 0 Å². The van der Waals surface area contributed by atoms with Gasteiger partial charge in [0.1, 0.15) is 0 Å². The maximum atomic E-state index is 4.68. The van der Waals surface area contributed by atoms with E-state index in [4.69, 9.17) is 0 Å². The van der Waals surface area contributed by atoms with Crippen molar-refractivity contribution in [3.63, 3.8) is 0 Å². The Kier molecular flexibility index (Phi) is 4.93. The fraction of sp³-hybridized carbons (Fsp3) is 0. The van der Waals surface area contributed by atoms with Gasteiger partial charge >= 0.3 is 0 Å². The third kappa shape index (κ3) is 3.27. The van der Waals surface area contributed by atoms with Gasteiger partial charge in [0.25, 0.3) is 0 Å². The molecule has 42 heavy (non-hydrogen) atoms. The molecule has 0 unspecified atom stereocenters. The molecule has 0 saturated heterocycles. The van der Waals surface area contributed by atoms with Crippen LogP contribution < -0.4 is 0 Å². The summed E-state index contributed by atoms with van der Waals surface area (Å²) in [7, 11) is 0. The number of nitrogens with zero attached hydrogens (tertiary/aromatic N) is 2. The molecule has 0 N–H and O–H groups in total.